The number of carbonyl (C=O) groups is 1. The summed E-state index contributed by atoms with van der Waals surface area (Å²) in [4.78, 5) is 16.5. The van der Waals surface area contributed by atoms with E-state index in [0.717, 1.165) is 30.0 Å². The van der Waals surface area contributed by atoms with E-state index in [1.165, 1.54) is 0 Å². The Hall–Kier alpha value is -1.61. The molecule has 0 aliphatic carbocycles. The molecule has 0 saturated heterocycles. The lowest BCUT2D eigenvalue weighted by molar-refractivity contribution is 0.0935. The molecule has 1 aromatic heterocycles. The molecule has 106 valence electrons. The van der Waals surface area contributed by atoms with E-state index >= 15 is 0 Å². The van der Waals surface area contributed by atoms with Crippen molar-refractivity contribution >= 4 is 28.3 Å². The predicted molar refractivity (Wildman–Crippen MR) is 83.2 cm³/mol. The van der Waals surface area contributed by atoms with Gasteiger partial charge in [-0.25, -0.2) is 4.98 Å². The van der Waals surface area contributed by atoms with Crippen molar-refractivity contribution in [3.8, 4) is 0 Å². The number of hydrogen-bond donors (Lipinski definition) is 1. The van der Waals surface area contributed by atoms with Crippen LogP contribution in [0.25, 0.3) is 10.8 Å². The lowest BCUT2D eigenvalue weighted by Gasteiger charge is -2.16. The average Bonchev–Trinajstić information content (AvgIpc) is 2.47. The largest absolute Gasteiger partial charge is 0.349 e. The molecular weight excluding hydrogens is 272 g/mol. The number of nitrogens with zero attached hydrogens (tertiary/aromatic N) is 1. The second-order valence-corrected chi connectivity index (χ2v) is 5.23. The van der Waals surface area contributed by atoms with E-state index < -0.39 is 0 Å². The van der Waals surface area contributed by atoms with Gasteiger partial charge in [-0.1, -0.05) is 56.1 Å². The van der Waals surface area contributed by atoms with Crippen LogP contribution < -0.4 is 5.32 Å². The van der Waals surface area contributed by atoms with Crippen molar-refractivity contribution in [2.45, 2.75) is 39.2 Å². The fraction of sp³-hybridized carbons (Fsp3) is 0.375. The fourth-order valence-electron chi connectivity index (χ4n) is 2.33. The number of aromatic nitrogens is 1. The Balaban J connectivity index is 2.33. The van der Waals surface area contributed by atoms with Crippen molar-refractivity contribution in [2.24, 2.45) is 0 Å². The van der Waals surface area contributed by atoms with Crippen LogP contribution in [0.5, 0.6) is 0 Å². The Morgan fingerprint density at radius 1 is 1.30 bits per heavy atom. The number of fused-ring (bicyclic) bond motifs is 1. The van der Waals surface area contributed by atoms with Gasteiger partial charge in [-0.3, -0.25) is 4.79 Å². The molecule has 1 unspecified atom stereocenters. The minimum Gasteiger partial charge on any atom is -0.349 e. The van der Waals surface area contributed by atoms with Crippen molar-refractivity contribution in [1.82, 2.24) is 10.3 Å². The highest BCUT2D eigenvalue weighted by atomic mass is 35.5. The average molecular weight is 291 g/mol. The highest BCUT2D eigenvalue weighted by Crippen LogP contribution is 2.24. The third-order valence-corrected chi connectivity index (χ3v) is 3.76. The Morgan fingerprint density at radius 3 is 2.65 bits per heavy atom. The summed E-state index contributed by atoms with van der Waals surface area (Å²) in [5, 5.41) is 5.16. The van der Waals surface area contributed by atoms with Gasteiger partial charge in [0.05, 0.1) is 5.56 Å². The third kappa shape index (κ3) is 3.10. The molecule has 0 saturated carbocycles. The maximum absolute atomic E-state index is 12.4. The van der Waals surface area contributed by atoms with E-state index in [9.17, 15) is 4.79 Å². The minimum absolute atomic E-state index is 0.0781. The van der Waals surface area contributed by atoms with Gasteiger partial charge in [0, 0.05) is 17.6 Å². The second kappa shape index (κ2) is 6.71. The monoisotopic (exact) mass is 290 g/mol. The quantitative estimate of drug-likeness (QED) is 0.839. The van der Waals surface area contributed by atoms with Crippen LogP contribution in [-0.2, 0) is 0 Å². The molecule has 2 rings (SSSR count). The summed E-state index contributed by atoms with van der Waals surface area (Å²) < 4.78 is 0. The van der Waals surface area contributed by atoms with Crippen molar-refractivity contribution in [2.75, 3.05) is 0 Å². The van der Waals surface area contributed by atoms with E-state index in [2.05, 4.69) is 24.1 Å². The van der Waals surface area contributed by atoms with E-state index in [1.54, 1.807) is 6.20 Å². The van der Waals surface area contributed by atoms with Crippen LogP contribution in [0.15, 0.2) is 30.5 Å². The number of pyridine rings is 1. The Labute approximate surface area is 124 Å². The zero-order valence-electron chi connectivity index (χ0n) is 11.8. The standard InChI is InChI=1S/C16H19ClN2O/c1-3-7-11(4-2)19-16(20)14-10-18-15(17)13-9-6-5-8-12(13)14/h5-6,8-11H,3-4,7H2,1-2H3,(H,19,20). The van der Waals surface area contributed by atoms with Gasteiger partial charge in [-0.15, -0.1) is 0 Å². The smallest absolute Gasteiger partial charge is 0.253 e. The van der Waals surface area contributed by atoms with E-state index in [4.69, 9.17) is 11.6 Å². The Bertz CT molecular complexity index is 612. The zero-order valence-corrected chi connectivity index (χ0v) is 12.6. The number of benzene rings is 1. The number of hydrogen-bond acceptors (Lipinski definition) is 2. The van der Waals surface area contributed by atoms with Gasteiger partial charge in [0.15, 0.2) is 0 Å². The summed E-state index contributed by atoms with van der Waals surface area (Å²) in [6.45, 7) is 4.20. The zero-order chi connectivity index (χ0) is 14.5. The fourth-order valence-corrected chi connectivity index (χ4v) is 2.54. The first-order valence-electron chi connectivity index (χ1n) is 7.01. The Morgan fingerprint density at radius 2 is 2.00 bits per heavy atom. The molecule has 0 fully saturated rings. The first-order valence-corrected chi connectivity index (χ1v) is 7.39. The van der Waals surface area contributed by atoms with Crippen molar-refractivity contribution < 1.29 is 4.79 Å². The summed E-state index contributed by atoms with van der Waals surface area (Å²) in [5.41, 5.74) is 0.583. The molecule has 1 amide bonds. The van der Waals surface area contributed by atoms with Gasteiger partial charge in [0.1, 0.15) is 5.15 Å². The van der Waals surface area contributed by atoms with Crippen molar-refractivity contribution in [3.05, 3.63) is 41.2 Å². The maximum atomic E-state index is 12.4. The SMILES string of the molecule is CCCC(CC)NC(=O)c1cnc(Cl)c2ccccc12. The number of carbonyl (C=O) groups excluding carboxylic acids is 1. The minimum atomic E-state index is -0.0781. The van der Waals surface area contributed by atoms with Gasteiger partial charge < -0.3 is 5.32 Å². The molecule has 0 bridgehead atoms. The van der Waals surface area contributed by atoms with Crippen LogP contribution in [0.1, 0.15) is 43.5 Å². The van der Waals surface area contributed by atoms with Gasteiger partial charge in [-0.05, 0) is 18.2 Å². The number of nitrogens with one attached hydrogen (secondary N) is 1. The summed E-state index contributed by atoms with van der Waals surface area (Å²) in [5.74, 6) is -0.0781. The van der Waals surface area contributed by atoms with Gasteiger partial charge >= 0.3 is 0 Å². The van der Waals surface area contributed by atoms with Crippen molar-refractivity contribution in [3.63, 3.8) is 0 Å². The van der Waals surface area contributed by atoms with Crippen LogP contribution in [0, 0.1) is 0 Å². The second-order valence-electron chi connectivity index (χ2n) is 4.88. The van der Waals surface area contributed by atoms with Crippen LogP contribution in [0.3, 0.4) is 0 Å². The number of halogens is 1. The normalized spacial score (nSPS) is 12.3. The first kappa shape index (κ1) is 14.8. The molecule has 1 atom stereocenters. The van der Waals surface area contributed by atoms with Crippen LogP contribution in [0.4, 0.5) is 0 Å². The molecular formula is C16H19ClN2O. The van der Waals surface area contributed by atoms with Crippen LogP contribution >= 0.6 is 11.6 Å². The summed E-state index contributed by atoms with van der Waals surface area (Å²) in [6.07, 6.45) is 4.52. The number of amides is 1. The maximum Gasteiger partial charge on any atom is 0.253 e. The van der Waals surface area contributed by atoms with Crippen LogP contribution in [0.2, 0.25) is 5.15 Å². The van der Waals surface area contributed by atoms with Gasteiger partial charge in [0.2, 0.25) is 0 Å². The molecule has 0 aliphatic rings. The third-order valence-electron chi connectivity index (χ3n) is 3.46. The molecule has 3 nitrogen and oxygen atoms in total. The van der Waals surface area contributed by atoms with E-state index in [0.29, 0.717) is 10.7 Å². The molecule has 0 spiro atoms. The molecule has 4 heteroatoms. The molecule has 1 N–H and O–H groups in total. The predicted octanol–water partition coefficient (Wildman–Crippen LogP) is 4.20. The highest BCUT2D eigenvalue weighted by Gasteiger charge is 2.15. The summed E-state index contributed by atoms with van der Waals surface area (Å²) >= 11 is 6.07. The first-order chi connectivity index (χ1) is 9.67. The number of rotatable bonds is 5. The topological polar surface area (TPSA) is 42.0 Å². The molecule has 20 heavy (non-hydrogen) atoms. The van der Waals surface area contributed by atoms with Gasteiger partial charge in [0.25, 0.3) is 5.91 Å². The van der Waals surface area contributed by atoms with E-state index in [-0.39, 0.29) is 11.9 Å². The summed E-state index contributed by atoms with van der Waals surface area (Å²) in [7, 11) is 0. The summed E-state index contributed by atoms with van der Waals surface area (Å²) in [6, 6.07) is 7.79. The molecule has 0 aliphatic heterocycles. The van der Waals surface area contributed by atoms with Crippen molar-refractivity contribution in [1.29, 1.82) is 0 Å². The highest BCUT2D eigenvalue weighted by molar-refractivity contribution is 6.34. The van der Waals surface area contributed by atoms with E-state index in [1.807, 2.05) is 24.3 Å². The van der Waals surface area contributed by atoms with Crippen LogP contribution in [-0.4, -0.2) is 16.9 Å². The molecule has 2 aromatic rings. The lowest BCUT2D eigenvalue weighted by Crippen LogP contribution is -2.34. The molecule has 1 heterocycles. The lowest BCUT2D eigenvalue weighted by atomic mass is 10.1. The Kier molecular flexibility index (Phi) is 4.96. The molecule has 1 aromatic carbocycles. The molecule has 0 radical (unpaired) electrons. The van der Waals surface area contributed by atoms with Gasteiger partial charge in [-0.2, -0.15) is 0 Å².